The number of urea groups is 1. The molecule has 0 saturated carbocycles. The Kier molecular flexibility index (Phi) is 7.20. The van der Waals surface area contributed by atoms with Gasteiger partial charge in [0.2, 0.25) is 0 Å². The fourth-order valence-corrected chi connectivity index (χ4v) is 2.02. The lowest BCUT2D eigenvalue weighted by molar-refractivity contribution is -0.139. The second kappa shape index (κ2) is 8.71. The Hall–Kier alpha value is -1.34. The number of rotatable bonds is 7. The molecule has 0 aromatic heterocycles. The largest absolute Gasteiger partial charge is 0.480 e. The van der Waals surface area contributed by atoms with Crippen molar-refractivity contribution in [3.63, 3.8) is 0 Å². The van der Waals surface area contributed by atoms with Crippen LogP contribution in [0.15, 0.2) is 0 Å². The minimum absolute atomic E-state index is 0.406. The van der Waals surface area contributed by atoms with Crippen molar-refractivity contribution in [3.05, 3.63) is 0 Å². The van der Waals surface area contributed by atoms with E-state index < -0.39 is 18.0 Å². The molecule has 0 aromatic rings. The molecule has 7 nitrogen and oxygen atoms in total. The minimum Gasteiger partial charge on any atom is -0.480 e. The van der Waals surface area contributed by atoms with Crippen LogP contribution in [-0.2, 0) is 4.79 Å². The van der Waals surface area contributed by atoms with Crippen LogP contribution in [0.2, 0.25) is 0 Å². The van der Waals surface area contributed by atoms with Crippen molar-refractivity contribution in [1.29, 1.82) is 0 Å². The normalized spacial score (nSPS) is 17.7. The van der Waals surface area contributed by atoms with Gasteiger partial charge in [0.25, 0.3) is 0 Å². The Balaban J connectivity index is 2.17. The first-order valence-electron chi connectivity index (χ1n) is 6.83. The smallest absolute Gasteiger partial charge is 0.326 e. The van der Waals surface area contributed by atoms with Gasteiger partial charge in [-0.05, 0) is 6.42 Å². The third kappa shape index (κ3) is 6.40. The maximum absolute atomic E-state index is 11.6. The molecular weight excluding hydrogens is 248 g/mol. The van der Waals surface area contributed by atoms with Crippen molar-refractivity contribution < 1.29 is 14.7 Å². The molecule has 1 saturated heterocycles. The van der Waals surface area contributed by atoms with Crippen molar-refractivity contribution in [3.8, 4) is 0 Å². The molecule has 0 radical (unpaired) electrons. The average molecular weight is 272 g/mol. The fraction of sp³-hybridized carbons (Fsp3) is 0.833. The molecule has 1 heterocycles. The lowest BCUT2D eigenvalue weighted by atomic mass is 10.2. The number of carbonyl (C=O) groups is 2. The van der Waals surface area contributed by atoms with E-state index in [2.05, 4.69) is 20.9 Å². The molecule has 1 rings (SSSR count). The van der Waals surface area contributed by atoms with Crippen LogP contribution in [0.25, 0.3) is 0 Å². The van der Waals surface area contributed by atoms with E-state index in [-0.39, 0.29) is 0 Å². The molecule has 0 spiro atoms. The van der Waals surface area contributed by atoms with Crippen LogP contribution < -0.4 is 16.0 Å². The summed E-state index contributed by atoms with van der Waals surface area (Å²) < 4.78 is 0. The summed E-state index contributed by atoms with van der Waals surface area (Å²) in [6.45, 7) is 7.13. The number of nitrogens with one attached hydrogen (secondary N) is 3. The van der Waals surface area contributed by atoms with Crippen LogP contribution >= 0.6 is 0 Å². The highest BCUT2D eigenvalue weighted by Crippen LogP contribution is 1.96. The highest BCUT2D eigenvalue weighted by atomic mass is 16.4. The number of aliphatic carboxylic acids is 1. The van der Waals surface area contributed by atoms with E-state index in [0.29, 0.717) is 13.0 Å². The van der Waals surface area contributed by atoms with Crippen molar-refractivity contribution in [1.82, 2.24) is 20.9 Å². The van der Waals surface area contributed by atoms with Gasteiger partial charge in [-0.25, -0.2) is 9.59 Å². The molecule has 0 bridgehead atoms. The number of nitrogens with zero attached hydrogens (tertiary/aromatic N) is 1. The van der Waals surface area contributed by atoms with Crippen LogP contribution in [0.5, 0.6) is 0 Å². The number of piperazine rings is 1. The number of hydrogen-bond acceptors (Lipinski definition) is 4. The van der Waals surface area contributed by atoms with E-state index in [0.717, 1.165) is 39.1 Å². The second-order valence-electron chi connectivity index (χ2n) is 4.67. The van der Waals surface area contributed by atoms with Crippen LogP contribution in [0.4, 0.5) is 4.79 Å². The SMILES string of the molecule is CCCC(NC(=O)NCCN1CCNCC1)C(=O)O. The van der Waals surface area contributed by atoms with E-state index in [1.807, 2.05) is 6.92 Å². The molecule has 1 fully saturated rings. The predicted octanol–water partition coefficient (Wildman–Crippen LogP) is -0.556. The summed E-state index contributed by atoms with van der Waals surface area (Å²) in [5.74, 6) is -0.987. The number of hydrogen-bond donors (Lipinski definition) is 4. The molecule has 4 N–H and O–H groups in total. The van der Waals surface area contributed by atoms with Gasteiger partial charge in [-0.1, -0.05) is 13.3 Å². The first-order valence-corrected chi connectivity index (χ1v) is 6.83. The highest BCUT2D eigenvalue weighted by molar-refractivity contribution is 5.82. The Morgan fingerprint density at radius 1 is 1.37 bits per heavy atom. The quantitative estimate of drug-likeness (QED) is 0.499. The van der Waals surface area contributed by atoms with Gasteiger partial charge in [0.05, 0.1) is 0 Å². The number of amides is 2. The zero-order chi connectivity index (χ0) is 14.1. The lowest BCUT2D eigenvalue weighted by Crippen LogP contribution is -2.49. The number of carboxylic acid groups (broad SMARTS) is 1. The zero-order valence-corrected chi connectivity index (χ0v) is 11.4. The minimum atomic E-state index is -0.987. The maximum Gasteiger partial charge on any atom is 0.326 e. The molecule has 1 aliphatic heterocycles. The average Bonchev–Trinajstić information content (AvgIpc) is 2.39. The van der Waals surface area contributed by atoms with E-state index in [1.54, 1.807) is 0 Å². The monoisotopic (exact) mass is 272 g/mol. The van der Waals surface area contributed by atoms with Gasteiger partial charge in [0.15, 0.2) is 0 Å². The summed E-state index contributed by atoms with van der Waals surface area (Å²) in [6, 6.07) is -1.21. The summed E-state index contributed by atoms with van der Waals surface area (Å²) in [5, 5.41) is 17.4. The molecule has 2 amide bonds. The first-order chi connectivity index (χ1) is 9.13. The molecule has 0 aromatic carbocycles. The molecule has 19 heavy (non-hydrogen) atoms. The summed E-state index contributed by atoms with van der Waals surface area (Å²) in [7, 11) is 0. The van der Waals surface area contributed by atoms with Crippen LogP contribution in [-0.4, -0.2) is 67.3 Å². The molecular formula is C12H24N4O3. The van der Waals surface area contributed by atoms with Gasteiger partial charge < -0.3 is 21.1 Å². The van der Waals surface area contributed by atoms with E-state index in [9.17, 15) is 9.59 Å². The van der Waals surface area contributed by atoms with Crippen molar-refractivity contribution in [2.45, 2.75) is 25.8 Å². The Labute approximate surface area is 113 Å². The van der Waals surface area contributed by atoms with Crippen molar-refractivity contribution in [2.24, 2.45) is 0 Å². The van der Waals surface area contributed by atoms with E-state index in [1.165, 1.54) is 0 Å². The molecule has 1 aliphatic rings. The molecule has 7 heteroatoms. The Morgan fingerprint density at radius 3 is 2.63 bits per heavy atom. The van der Waals surface area contributed by atoms with Gasteiger partial charge in [-0.2, -0.15) is 0 Å². The van der Waals surface area contributed by atoms with Crippen LogP contribution in [0.3, 0.4) is 0 Å². The second-order valence-corrected chi connectivity index (χ2v) is 4.67. The molecule has 110 valence electrons. The molecule has 0 aliphatic carbocycles. The zero-order valence-electron chi connectivity index (χ0n) is 11.4. The van der Waals surface area contributed by atoms with Gasteiger partial charge in [0, 0.05) is 39.3 Å². The standard InChI is InChI=1S/C12H24N4O3/c1-2-3-10(11(17)18)15-12(19)14-6-9-16-7-4-13-5-8-16/h10,13H,2-9H2,1H3,(H,17,18)(H2,14,15,19). The van der Waals surface area contributed by atoms with Crippen molar-refractivity contribution >= 4 is 12.0 Å². The van der Waals surface area contributed by atoms with Gasteiger partial charge in [-0.3, -0.25) is 4.90 Å². The summed E-state index contributed by atoms with van der Waals surface area (Å²) >= 11 is 0. The van der Waals surface area contributed by atoms with Crippen molar-refractivity contribution in [2.75, 3.05) is 39.3 Å². The summed E-state index contributed by atoms with van der Waals surface area (Å²) in [4.78, 5) is 24.7. The maximum atomic E-state index is 11.6. The van der Waals surface area contributed by atoms with Gasteiger partial charge >= 0.3 is 12.0 Å². The first kappa shape index (κ1) is 15.7. The van der Waals surface area contributed by atoms with E-state index >= 15 is 0 Å². The third-order valence-electron chi connectivity index (χ3n) is 3.10. The molecule has 1 unspecified atom stereocenters. The van der Waals surface area contributed by atoms with Crippen LogP contribution in [0.1, 0.15) is 19.8 Å². The Bertz CT molecular complexity index is 293. The molecule has 1 atom stereocenters. The number of carbonyl (C=O) groups excluding carboxylic acids is 1. The lowest BCUT2D eigenvalue weighted by Gasteiger charge is -2.27. The van der Waals surface area contributed by atoms with Crippen LogP contribution in [0, 0.1) is 0 Å². The third-order valence-corrected chi connectivity index (χ3v) is 3.10. The summed E-state index contributed by atoms with van der Waals surface area (Å²) in [6.07, 6.45) is 1.17. The van der Waals surface area contributed by atoms with Gasteiger partial charge in [0.1, 0.15) is 6.04 Å². The fourth-order valence-electron chi connectivity index (χ4n) is 2.02. The predicted molar refractivity (Wildman–Crippen MR) is 72.2 cm³/mol. The highest BCUT2D eigenvalue weighted by Gasteiger charge is 2.18. The van der Waals surface area contributed by atoms with Gasteiger partial charge in [-0.15, -0.1) is 0 Å². The van der Waals surface area contributed by atoms with E-state index in [4.69, 9.17) is 5.11 Å². The topological polar surface area (TPSA) is 93.7 Å². The number of carboxylic acids is 1. The summed E-state index contributed by atoms with van der Waals surface area (Å²) in [5.41, 5.74) is 0. The Morgan fingerprint density at radius 2 is 2.05 bits per heavy atom.